The molecule has 17 heavy (non-hydrogen) atoms. The molecule has 2 nitrogen and oxygen atoms in total. The van der Waals surface area contributed by atoms with E-state index in [1.165, 1.54) is 58.0 Å². The first kappa shape index (κ1) is 13.4. The first-order chi connectivity index (χ1) is 8.07. The second-order valence-corrected chi connectivity index (χ2v) is 6.96. The van der Waals surface area contributed by atoms with E-state index in [0.717, 1.165) is 12.1 Å². The SMILES string of the molecule is CN(CCCNC1CC1)C1CCC(C)(C)CC1. The zero-order valence-corrected chi connectivity index (χ0v) is 12.0. The Hall–Kier alpha value is -0.0800. The molecule has 2 fully saturated rings. The summed E-state index contributed by atoms with van der Waals surface area (Å²) in [5.74, 6) is 0. The monoisotopic (exact) mass is 238 g/mol. The molecule has 0 radical (unpaired) electrons. The normalized spacial score (nSPS) is 25.4. The van der Waals surface area contributed by atoms with Crippen LogP contribution in [0.15, 0.2) is 0 Å². The van der Waals surface area contributed by atoms with E-state index in [0.29, 0.717) is 5.41 Å². The topological polar surface area (TPSA) is 15.3 Å². The fourth-order valence-electron chi connectivity index (χ4n) is 2.93. The molecule has 2 rings (SSSR count). The summed E-state index contributed by atoms with van der Waals surface area (Å²) in [6.45, 7) is 7.32. The Morgan fingerprint density at radius 1 is 1.12 bits per heavy atom. The van der Waals surface area contributed by atoms with Gasteiger partial charge in [0, 0.05) is 12.1 Å². The van der Waals surface area contributed by atoms with Crippen molar-refractivity contribution in [1.29, 1.82) is 0 Å². The van der Waals surface area contributed by atoms with Crippen LogP contribution in [0.25, 0.3) is 0 Å². The summed E-state index contributed by atoms with van der Waals surface area (Å²) in [6, 6.07) is 1.72. The molecule has 0 spiro atoms. The van der Waals surface area contributed by atoms with Crippen molar-refractivity contribution in [2.45, 2.75) is 70.9 Å². The highest BCUT2D eigenvalue weighted by Gasteiger charge is 2.28. The third-order valence-electron chi connectivity index (χ3n) is 4.63. The van der Waals surface area contributed by atoms with Crippen molar-refractivity contribution in [3.63, 3.8) is 0 Å². The fourth-order valence-corrected chi connectivity index (χ4v) is 2.93. The quantitative estimate of drug-likeness (QED) is 0.716. The maximum Gasteiger partial charge on any atom is 0.00926 e. The van der Waals surface area contributed by atoms with Crippen molar-refractivity contribution < 1.29 is 0 Å². The van der Waals surface area contributed by atoms with Crippen molar-refractivity contribution in [2.24, 2.45) is 5.41 Å². The predicted molar refractivity (Wildman–Crippen MR) is 74.3 cm³/mol. The van der Waals surface area contributed by atoms with E-state index in [1.807, 2.05) is 0 Å². The molecular formula is C15H30N2. The van der Waals surface area contributed by atoms with Gasteiger partial charge < -0.3 is 10.2 Å². The molecule has 0 atom stereocenters. The van der Waals surface area contributed by atoms with E-state index < -0.39 is 0 Å². The van der Waals surface area contributed by atoms with Gasteiger partial charge in [0.25, 0.3) is 0 Å². The van der Waals surface area contributed by atoms with Crippen LogP contribution in [-0.2, 0) is 0 Å². The van der Waals surface area contributed by atoms with Crippen LogP contribution in [0.1, 0.15) is 58.8 Å². The minimum Gasteiger partial charge on any atom is -0.314 e. The number of nitrogens with zero attached hydrogens (tertiary/aromatic N) is 1. The van der Waals surface area contributed by atoms with E-state index in [-0.39, 0.29) is 0 Å². The summed E-state index contributed by atoms with van der Waals surface area (Å²) >= 11 is 0. The van der Waals surface area contributed by atoms with Gasteiger partial charge in [0.05, 0.1) is 0 Å². The highest BCUT2D eigenvalue weighted by Crippen LogP contribution is 2.36. The number of hydrogen-bond acceptors (Lipinski definition) is 2. The minimum atomic E-state index is 0.602. The molecule has 100 valence electrons. The lowest BCUT2D eigenvalue weighted by molar-refractivity contribution is 0.127. The summed E-state index contributed by atoms with van der Waals surface area (Å²) in [6.07, 6.45) is 9.75. The standard InChI is InChI=1S/C15H30N2/c1-15(2)9-7-14(8-10-15)17(3)12-4-11-16-13-5-6-13/h13-14,16H,4-12H2,1-3H3. The van der Waals surface area contributed by atoms with E-state index in [9.17, 15) is 0 Å². The van der Waals surface area contributed by atoms with Crippen LogP contribution in [0.4, 0.5) is 0 Å². The van der Waals surface area contributed by atoms with Gasteiger partial charge in [-0.1, -0.05) is 13.8 Å². The van der Waals surface area contributed by atoms with Crippen LogP contribution in [0, 0.1) is 5.41 Å². The van der Waals surface area contributed by atoms with Gasteiger partial charge in [-0.05, 0) is 70.5 Å². The second-order valence-electron chi connectivity index (χ2n) is 6.96. The van der Waals surface area contributed by atoms with Crippen LogP contribution in [0.2, 0.25) is 0 Å². The van der Waals surface area contributed by atoms with Gasteiger partial charge in [-0.3, -0.25) is 0 Å². The van der Waals surface area contributed by atoms with E-state index >= 15 is 0 Å². The highest BCUT2D eigenvalue weighted by molar-refractivity contribution is 4.83. The van der Waals surface area contributed by atoms with Crippen LogP contribution in [-0.4, -0.2) is 37.1 Å². The Bertz CT molecular complexity index is 223. The van der Waals surface area contributed by atoms with Gasteiger partial charge in [-0.2, -0.15) is 0 Å². The summed E-state index contributed by atoms with van der Waals surface area (Å²) in [4.78, 5) is 2.60. The van der Waals surface area contributed by atoms with E-state index in [1.54, 1.807) is 0 Å². The Morgan fingerprint density at radius 3 is 2.35 bits per heavy atom. The van der Waals surface area contributed by atoms with Crippen molar-refractivity contribution in [1.82, 2.24) is 10.2 Å². The van der Waals surface area contributed by atoms with Gasteiger partial charge in [0.1, 0.15) is 0 Å². The Balaban J connectivity index is 1.57. The average Bonchev–Trinajstić information content (AvgIpc) is 3.08. The molecule has 0 heterocycles. The molecule has 2 saturated carbocycles. The molecule has 0 saturated heterocycles. The molecule has 0 aromatic rings. The molecule has 0 amide bonds. The van der Waals surface area contributed by atoms with Crippen molar-refractivity contribution >= 4 is 0 Å². The first-order valence-electron chi connectivity index (χ1n) is 7.50. The molecule has 2 aliphatic rings. The van der Waals surface area contributed by atoms with Crippen LogP contribution < -0.4 is 5.32 Å². The van der Waals surface area contributed by atoms with Crippen LogP contribution >= 0.6 is 0 Å². The Labute approximate surface area is 107 Å². The maximum atomic E-state index is 3.60. The summed E-state index contributed by atoms with van der Waals surface area (Å²) in [7, 11) is 2.32. The molecule has 1 N–H and O–H groups in total. The van der Waals surface area contributed by atoms with Crippen molar-refractivity contribution in [2.75, 3.05) is 20.1 Å². The van der Waals surface area contributed by atoms with Gasteiger partial charge in [0.15, 0.2) is 0 Å². The third-order valence-corrected chi connectivity index (χ3v) is 4.63. The van der Waals surface area contributed by atoms with Gasteiger partial charge in [0.2, 0.25) is 0 Å². The predicted octanol–water partition coefficient (Wildman–Crippen LogP) is 3.03. The third kappa shape index (κ3) is 4.59. The average molecular weight is 238 g/mol. The first-order valence-corrected chi connectivity index (χ1v) is 7.50. The van der Waals surface area contributed by atoms with Gasteiger partial charge in [-0.25, -0.2) is 0 Å². The molecule has 0 bridgehead atoms. The Kier molecular flexibility index (Phi) is 4.48. The number of hydrogen-bond donors (Lipinski definition) is 1. The number of nitrogens with one attached hydrogen (secondary N) is 1. The highest BCUT2D eigenvalue weighted by atomic mass is 15.1. The lowest BCUT2D eigenvalue weighted by Gasteiger charge is -2.38. The molecule has 0 unspecified atom stereocenters. The Morgan fingerprint density at radius 2 is 1.76 bits per heavy atom. The lowest BCUT2D eigenvalue weighted by atomic mass is 9.75. The molecule has 2 aliphatic carbocycles. The van der Waals surface area contributed by atoms with Gasteiger partial charge >= 0.3 is 0 Å². The van der Waals surface area contributed by atoms with E-state index in [4.69, 9.17) is 0 Å². The van der Waals surface area contributed by atoms with Gasteiger partial charge in [-0.15, -0.1) is 0 Å². The molecule has 0 aromatic carbocycles. The maximum absolute atomic E-state index is 3.60. The molecule has 2 heteroatoms. The zero-order chi connectivity index (χ0) is 12.3. The summed E-state index contributed by atoms with van der Waals surface area (Å²) in [5, 5.41) is 3.60. The minimum absolute atomic E-state index is 0.602. The van der Waals surface area contributed by atoms with Crippen LogP contribution in [0.3, 0.4) is 0 Å². The fraction of sp³-hybridized carbons (Fsp3) is 1.00. The van der Waals surface area contributed by atoms with Crippen molar-refractivity contribution in [3.05, 3.63) is 0 Å². The second kappa shape index (κ2) is 5.71. The van der Waals surface area contributed by atoms with Crippen molar-refractivity contribution in [3.8, 4) is 0 Å². The molecule has 0 aliphatic heterocycles. The van der Waals surface area contributed by atoms with E-state index in [2.05, 4.69) is 31.1 Å². The molecular weight excluding hydrogens is 208 g/mol. The summed E-state index contributed by atoms with van der Waals surface area (Å²) < 4.78 is 0. The number of rotatable bonds is 6. The summed E-state index contributed by atoms with van der Waals surface area (Å²) in [5.41, 5.74) is 0.602. The van der Waals surface area contributed by atoms with Crippen LogP contribution in [0.5, 0.6) is 0 Å². The smallest absolute Gasteiger partial charge is 0.00926 e. The largest absolute Gasteiger partial charge is 0.314 e. The lowest BCUT2D eigenvalue weighted by Crippen LogP contribution is -2.38. The molecule has 0 aromatic heterocycles. The zero-order valence-electron chi connectivity index (χ0n) is 12.0.